The van der Waals surface area contributed by atoms with Crippen molar-refractivity contribution in [1.82, 2.24) is 9.55 Å². The average molecular weight is 266 g/mol. The second-order valence-electron chi connectivity index (χ2n) is 4.44. The Kier molecular flexibility index (Phi) is 3.21. The number of fused-ring (bicyclic) bond motifs is 1. The molecule has 4 nitrogen and oxygen atoms in total. The van der Waals surface area contributed by atoms with Gasteiger partial charge in [-0.15, -0.1) is 0 Å². The van der Waals surface area contributed by atoms with Crippen LogP contribution in [0.4, 0.5) is 0 Å². The Hall–Kier alpha value is -2.62. The minimum Gasteiger partial charge on any atom is -0.469 e. The van der Waals surface area contributed by atoms with E-state index in [1.54, 1.807) is 0 Å². The number of hydrogen-bond donors (Lipinski definition) is 0. The van der Waals surface area contributed by atoms with Crippen LogP contribution in [0.15, 0.2) is 54.6 Å². The molecule has 0 aliphatic heterocycles. The molecule has 3 aromatic rings. The van der Waals surface area contributed by atoms with E-state index in [-0.39, 0.29) is 12.4 Å². The van der Waals surface area contributed by atoms with Crippen molar-refractivity contribution in [3.05, 3.63) is 60.4 Å². The average Bonchev–Trinajstić information content (AvgIpc) is 2.85. The molecule has 1 aromatic heterocycles. The molecule has 0 fully saturated rings. The summed E-state index contributed by atoms with van der Waals surface area (Å²) in [6.45, 7) is 0. The molecule has 0 radical (unpaired) electrons. The van der Waals surface area contributed by atoms with Gasteiger partial charge in [-0.2, -0.15) is 0 Å². The summed E-state index contributed by atoms with van der Waals surface area (Å²) in [6.07, 6.45) is 0.153. The molecular weight excluding hydrogens is 252 g/mol. The van der Waals surface area contributed by atoms with Crippen molar-refractivity contribution in [2.24, 2.45) is 0 Å². The summed E-state index contributed by atoms with van der Waals surface area (Å²) in [5.41, 5.74) is 2.84. The number of esters is 1. The summed E-state index contributed by atoms with van der Waals surface area (Å²) in [6, 6.07) is 17.7. The highest BCUT2D eigenvalue weighted by Gasteiger charge is 2.15. The van der Waals surface area contributed by atoms with Crippen molar-refractivity contribution >= 4 is 17.0 Å². The van der Waals surface area contributed by atoms with E-state index in [0.29, 0.717) is 5.82 Å². The molecule has 3 rings (SSSR count). The quantitative estimate of drug-likeness (QED) is 0.685. The molecule has 2 aromatic carbocycles. The van der Waals surface area contributed by atoms with E-state index in [0.717, 1.165) is 16.7 Å². The zero-order valence-electron chi connectivity index (χ0n) is 11.1. The van der Waals surface area contributed by atoms with Crippen molar-refractivity contribution in [3.8, 4) is 5.69 Å². The SMILES string of the molecule is COC(=O)Cc1nc2ccccc2n1-c1ccccc1. The van der Waals surface area contributed by atoms with Crippen LogP contribution in [-0.2, 0) is 16.0 Å². The first-order chi connectivity index (χ1) is 9.79. The van der Waals surface area contributed by atoms with E-state index >= 15 is 0 Å². The molecule has 4 heteroatoms. The molecule has 0 amide bonds. The van der Waals surface area contributed by atoms with Gasteiger partial charge in [0.1, 0.15) is 12.2 Å². The number of hydrogen-bond acceptors (Lipinski definition) is 3. The van der Waals surface area contributed by atoms with Crippen molar-refractivity contribution in [1.29, 1.82) is 0 Å². The summed E-state index contributed by atoms with van der Waals surface area (Å²) in [4.78, 5) is 16.1. The molecule has 0 atom stereocenters. The van der Waals surface area contributed by atoms with Gasteiger partial charge in [-0.3, -0.25) is 9.36 Å². The van der Waals surface area contributed by atoms with Gasteiger partial charge in [0.05, 0.1) is 18.1 Å². The standard InChI is InChI=1S/C16H14N2O2/c1-20-16(19)11-15-17-13-9-5-6-10-14(13)18(15)12-7-3-2-4-8-12/h2-10H,11H2,1H3. The van der Waals surface area contributed by atoms with Crippen molar-refractivity contribution in [2.75, 3.05) is 7.11 Å². The molecule has 1 heterocycles. The minimum absolute atomic E-state index is 0.153. The van der Waals surface area contributed by atoms with Gasteiger partial charge >= 0.3 is 5.97 Å². The Morgan fingerprint density at radius 1 is 1.10 bits per heavy atom. The first-order valence-electron chi connectivity index (χ1n) is 6.38. The number of aromatic nitrogens is 2. The Bertz CT molecular complexity index is 748. The number of ether oxygens (including phenoxy) is 1. The van der Waals surface area contributed by atoms with E-state index in [2.05, 4.69) is 4.98 Å². The first-order valence-corrected chi connectivity index (χ1v) is 6.38. The van der Waals surface area contributed by atoms with Gasteiger partial charge in [-0.25, -0.2) is 4.98 Å². The van der Waals surface area contributed by atoms with Gasteiger partial charge < -0.3 is 4.74 Å². The van der Waals surface area contributed by atoms with Crippen LogP contribution >= 0.6 is 0 Å². The van der Waals surface area contributed by atoms with Gasteiger partial charge in [0.15, 0.2) is 0 Å². The Morgan fingerprint density at radius 3 is 2.55 bits per heavy atom. The largest absolute Gasteiger partial charge is 0.469 e. The smallest absolute Gasteiger partial charge is 0.313 e. The first kappa shape index (κ1) is 12.4. The highest BCUT2D eigenvalue weighted by molar-refractivity contribution is 5.80. The zero-order chi connectivity index (χ0) is 13.9. The predicted octanol–water partition coefficient (Wildman–Crippen LogP) is 2.74. The van der Waals surface area contributed by atoms with Crippen LogP contribution in [0.3, 0.4) is 0 Å². The molecule has 100 valence electrons. The highest BCUT2D eigenvalue weighted by Crippen LogP contribution is 2.21. The second-order valence-corrected chi connectivity index (χ2v) is 4.44. The lowest BCUT2D eigenvalue weighted by atomic mass is 10.2. The second kappa shape index (κ2) is 5.17. The summed E-state index contributed by atoms with van der Waals surface area (Å²) < 4.78 is 6.74. The lowest BCUT2D eigenvalue weighted by molar-refractivity contribution is -0.139. The van der Waals surface area contributed by atoms with Crippen LogP contribution in [0.1, 0.15) is 5.82 Å². The van der Waals surface area contributed by atoms with E-state index in [1.165, 1.54) is 7.11 Å². The topological polar surface area (TPSA) is 44.1 Å². The van der Waals surface area contributed by atoms with Crippen molar-refractivity contribution in [3.63, 3.8) is 0 Å². The maximum atomic E-state index is 11.6. The van der Waals surface area contributed by atoms with Crippen LogP contribution in [0, 0.1) is 0 Å². The van der Waals surface area contributed by atoms with Crippen LogP contribution in [0.25, 0.3) is 16.7 Å². The number of para-hydroxylation sites is 3. The molecule has 0 saturated heterocycles. The predicted molar refractivity (Wildman–Crippen MR) is 76.8 cm³/mol. The molecule has 0 unspecified atom stereocenters. The summed E-state index contributed by atoms with van der Waals surface area (Å²) in [5.74, 6) is 0.390. The number of methoxy groups -OCH3 is 1. The number of rotatable bonds is 3. The molecule has 0 aliphatic carbocycles. The molecule has 0 bridgehead atoms. The molecule has 0 saturated carbocycles. The van der Waals surface area contributed by atoms with E-state index in [1.807, 2.05) is 59.2 Å². The van der Waals surface area contributed by atoms with Crippen LogP contribution in [0.2, 0.25) is 0 Å². The number of nitrogens with zero attached hydrogens (tertiary/aromatic N) is 2. The third-order valence-corrected chi connectivity index (χ3v) is 3.17. The summed E-state index contributed by atoms with van der Waals surface area (Å²) in [7, 11) is 1.39. The lowest BCUT2D eigenvalue weighted by Gasteiger charge is -2.08. The molecule has 0 N–H and O–H groups in total. The summed E-state index contributed by atoms with van der Waals surface area (Å²) >= 11 is 0. The molecule has 20 heavy (non-hydrogen) atoms. The summed E-state index contributed by atoms with van der Waals surface area (Å²) in [5, 5.41) is 0. The fourth-order valence-corrected chi connectivity index (χ4v) is 2.26. The van der Waals surface area contributed by atoms with Crippen LogP contribution < -0.4 is 0 Å². The monoisotopic (exact) mass is 266 g/mol. The third kappa shape index (κ3) is 2.16. The number of imidazole rings is 1. The van der Waals surface area contributed by atoms with Crippen LogP contribution in [-0.4, -0.2) is 22.6 Å². The minimum atomic E-state index is -0.294. The number of carbonyl (C=O) groups is 1. The lowest BCUT2D eigenvalue weighted by Crippen LogP contribution is -2.10. The zero-order valence-corrected chi connectivity index (χ0v) is 11.1. The van der Waals surface area contributed by atoms with Gasteiger partial charge in [0.25, 0.3) is 0 Å². The highest BCUT2D eigenvalue weighted by atomic mass is 16.5. The van der Waals surface area contributed by atoms with Gasteiger partial charge in [-0.1, -0.05) is 30.3 Å². The van der Waals surface area contributed by atoms with Gasteiger partial charge in [-0.05, 0) is 24.3 Å². The van der Waals surface area contributed by atoms with Gasteiger partial charge in [0.2, 0.25) is 0 Å². The molecule has 0 spiro atoms. The fourth-order valence-electron chi connectivity index (χ4n) is 2.26. The molecular formula is C16H14N2O2. The van der Waals surface area contributed by atoms with E-state index < -0.39 is 0 Å². The van der Waals surface area contributed by atoms with Crippen LogP contribution in [0.5, 0.6) is 0 Å². The Morgan fingerprint density at radius 2 is 1.80 bits per heavy atom. The number of carbonyl (C=O) groups excluding carboxylic acids is 1. The van der Waals surface area contributed by atoms with E-state index in [9.17, 15) is 4.79 Å². The van der Waals surface area contributed by atoms with E-state index in [4.69, 9.17) is 4.74 Å². The normalized spacial score (nSPS) is 10.7. The maximum Gasteiger partial charge on any atom is 0.313 e. The van der Waals surface area contributed by atoms with Gasteiger partial charge in [0, 0.05) is 5.69 Å². The van der Waals surface area contributed by atoms with Crippen molar-refractivity contribution < 1.29 is 9.53 Å². The maximum absolute atomic E-state index is 11.6. The Balaban J connectivity index is 2.21. The molecule has 0 aliphatic rings. The fraction of sp³-hybridized carbons (Fsp3) is 0.125. The third-order valence-electron chi connectivity index (χ3n) is 3.17. The Labute approximate surface area is 116 Å². The number of benzene rings is 2. The van der Waals surface area contributed by atoms with Crippen molar-refractivity contribution in [2.45, 2.75) is 6.42 Å².